The number of amides is 3. The second-order valence-electron chi connectivity index (χ2n) is 5.34. The molecule has 0 bridgehead atoms. The van der Waals surface area contributed by atoms with Crippen molar-refractivity contribution in [3.8, 4) is 0 Å². The van der Waals surface area contributed by atoms with Crippen molar-refractivity contribution in [1.29, 1.82) is 0 Å². The number of carbonyl (C=O) groups is 3. The molecule has 2 heterocycles. The van der Waals surface area contributed by atoms with Crippen molar-refractivity contribution in [2.75, 3.05) is 26.7 Å². The number of likely N-dealkylation sites (tertiary alicyclic amines) is 1. The molecule has 0 aliphatic carbocycles. The summed E-state index contributed by atoms with van der Waals surface area (Å²) in [5.74, 6) is -0.388. The number of hydrogen-bond acceptors (Lipinski definition) is 3. The van der Waals surface area contributed by atoms with Gasteiger partial charge in [0.2, 0.25) is 17.7 Å². The normalized spacial score (nSPS) is 26.0. The smallest absolute Gasteiger partial charge is 0.249 e. The van der Waals surface area contributed by atoms with Crippen molar-refractivity contribution in [2.24, 2.45) is 0 Å². The molecule has 2 aliphatic rings. The second-order valence-corrected chi connectivity index (χ2v) is 5.34. The highest BCUT2D eigenvalue weighted by atomic mass is 16.2. The maximum absolute atomic E-state index is 12.8. The molecule has 0 aromatic heterocycles. The quantitative estimate of drug-likeness (QED) is 0.718. The minimum Gasteiger partial charge on any atom is -0.358 e. The van der Waals surface area contributed by atoms with E-state index < -0.39 is 5.54 Å². The molecule has 0 aromatic rings. The molecule has 6 nitrogen and oxygen atoms in total. The molecule has 0 aromatic carbocycles. The van der Waals surface area contributed by atoms with Crippen LogP contribution < -0.4 is 5.32 Å². The molecular formula is C14H21N3O3. The van der Waals surface area contributed by atoms with Crippen molar-refractivity contribution in [2.45, 2.75) is 31.7 Å². The topological polar surface area (TPSA) is 69.7 Å². The summed E-state index contributed by atoms with van der Waals surface area (Å²) in [4.78, 5) is 39.4. The highest BCUT2D eigenvalue weighted by Crippen LogP contribution is 2.36. The van der Waals surface area contributed by atoms with Crippen LogP contribution in [0.5, 0.6) is 0 Å². The largest absolute Gasteiger partial charge is 0.358 e. The van der Waals surface area contributed by atoms with E-state index in [-0.39, 0.29) is 24.3 Å². The summed E-state index contributed by atoms with van der Waals surface area (Å²) >= 11 is 0. The van der Waals surface area contributed by atoms with Crippen molar-refractivity contribution < 1.29 is 14.4 Å². The van der Waals surface area contributed by atoms with Crippen LogP contribution in [-0.4, -0.2) is 59.7 Å². The Balaban J connectivity index is 2.28. The molecule has 2 rings (SSSR count). The van der Waals surface area contributed by atoms with Gasteiger partial charge in [-0.2, -0.15) is 0 Å². The van der Waals surface area contributed by atoms with Crippen LogP contribution in [0.1, 0.15) is 26.2 Å². The number of nitrogens with zero attached hydrogens (tertiary/aromatic N) is 2. The average molecular weight is 279 g/mol. The third-order valence-electron chi connectivity index (χ3n) is 4.12. The summed E-state index contributed by atoms with van der Waals surface area (Å²) in [6.45, 7) is 2.56. The zero-order chi connectivity index (χ0) is 14.8. The Morgan fingerprint density at radius 2 is 2.15 bits per heavy atom. The maximum atomic E-state index is 12.8. The maximum Gasteiger partial charge on any atom is 0.249 e. The summed E-state index contributed by atoms with van der Waals surface area (Å²) in [6.07, 6.45) is 5.87. The molecule has 1 saturated heterocycles. The van der Waals surface area contributed by atoms with Gasteiger partial charge in [0, 0.05) is 27.1 Å². The minimum atomic E-state index is -0.785. The van der Waals surface area contributed by atoms with Crippen molar-refractivity contribution >= 4 is 17.7 Å². The van der Waals surface area contributed by atoms with Crippen LogP contribution in [0.25, 0.3) is 0 Å². The van der Waals surface area contributed by atoms with E-state index in [0.29, 0.717) is 25.9 Å². The Bertz CT molecular complexity index is 461. The standard InChI is InChI=1S/C14H21N3O3/c1-11(18)17-9-5-7-14(17)6-3-4-8-16(13(14)20)10-12(19)15-2/h3-4H,5-10H2,1-2H3,(H,15,19)/t14-/m0/s1. The van der Waals surface area contributed by atoms with Crippen LogP contribution in [0.15, 0.2) is 12.2 Å². The highest BCUT2D eigenvalue weighted by Gasteiger charge is 2.50. The van der Waals surface area contributed by atoms with Gasteiger partial charge in [-0.15, -0.1) is 0 Å². The van der Waals surface area contributed by atoms with Crippen molar-refractivity contribution in [3.05, 3.63) is 12.2 Å². The number of rotatable bonds is 2. The van der Waals surface area contributed by atoms with Crippen LogP contribution in [0.4, 0.5) is 0 Å². The Morgan fingerprint density at radius 1 is 1.40 bits per heavy atom. The fourth-order valence-electron chi connectivity index (χ4n) is 3.11. The number of likely N-dealkylation sites (N-methyl/N-ethyl adjacent to an activating group) is 1. The third kappa shape index (κ3) is 2.42. The summed E-state index contributed by atoms with van der Waals surface area (Å²) in [5.41, 5.74) is -0.785. The molecule has 110 valence electrons. The van der Waals surface area contributed by atoms with E-state index in [2.05, 4.69) is 5.32 Å². The van der Waals surface area contributed by atoms with E-state index >= 15 is 0 Å². The molecule has 0 radical (unpaired) electrons. The van der Waals surface area contributed by atoms with Gasteiger partial charge in [-0.1, -0.05) is 12.2 Å². The van der Waals surface area contributed by atoms with Crippen molar-refractivity contribution in [1.82, 2.24) is 15.1 Å². The van der Waals surface area contributed by atoms with Gasteiger partial charge in [-0.25, -0.2) is 0 Å². The molecule has 1 atom stereocenters. The molecule has 0 saturated carbocycles. The molecule has 1 fully saturated rings. The van der Waals surface area contributed by atoms with Gasteiger partial charge in [-0.05, 0) is 19.3 Å². The minimum absolute atomic E-state index is 0.0349. The Labute approximate surface area is 118 Å². The number of carbonyl (C=O) groups excluding carboxylic acids is 3. The number of nitrogens with one attached hydrogen (secondary N) is 1. The molecule has 6 heteroatoms. The summed E-state index contributed by atoms with van der Waals surface area (Å²) in [7, 11) is 1.55. The highest BCUT2D eigenvalue weighted by molar-refractivity contribution is 5.94. The first-order valence-corrected chi connectivity index (χ1v) is 6.94. The van der Waals surface area contributed by atoms with Gasteiger partial charge in [0.05, 0.1) is 6.54 Å². The third-order valence-corrected chi connectivity index (χ3v) is 4.12. The van der Waals surface area contributed by atoms with Crippen LogP contribution >= 0.6 is 0 Å². The monoisotopic (exact) mass is 279 g/mol. The molecule has 1 spiro atoms. The van der Waals surface area contributed by atoms with Gasteiger partial charge < -0.3 is 15.1 Å². The first kappa shape index (κ1) is 14.6. The Morgan fingerprint density at radius 3 is 2.80 bits per heavy atom. The van der Waals surface area contributed by atoms with Gasteiger partial charge in [0.15, 0.2) is 0 Å². The molecule has 1 N–H and O–H groups in total. The van der Waals surface area contributed by atoms with E-state index in [1.807, 2.05) is 12.2 Å². The van der Waals surface area contributed by atoms with E-state index in [9.17, 15) is 14.4 Å². The molecule has 3 amide bonds. The van der Waals surface area contributed by atoms with E-state index in [1.165, 1.54) is 11.8 Å². The lowest BCUT2D eigenvalue weighted by Gasteiger charge is -2.38. The van der Waals surface area contributed by atoms with Crippen LogP contribution in [0.3, 0.4) is 0 Å². The van der Waals surface area contributed by atoms with Crippen LogP contribution in [-0.2, 0) is 14.4 Å². The van der Waals surface area contributed by atoms with Gasteiger partial charge in [0.1, 0.15) is 5.54 Å². The van der Waals surface area contributed by atoms with Crippen molar-refractivity contribution in [3.63, 3.8) is 0 Å². The van der Waals surface area contributed by atoms with E-state index in [1.54, 1.807) is 11.9 Å². The zero-order valence-corrected chi connectivity index (χ0v) is 12.0. The van der Waals surface area contributed by atoms with E-state index in [0.717, 1.165) is 6.42 Å². The van der Waals surface area contributed by atoms with Crippen LogP contribution in [0.2, 0.25) is 0 Å². The zero-order valence-electron chi connectivity index (χ0n) is 12.0. The lowest BCUT2D eigenvalue weighted by atomic mass is 9.90. The average Bonchev–Trinajstić information content (AvgIpc) is 2.79. The molecular weight excluding hydrogens is 258 g/mol. The van der Waals surface area contributed by atoms with E-state index in [4.69, 9.17) is 0 Å². The first-order chi connectivity index (χ1) is 9.51. The predicted molar refractivity (Wildman–Crippen MR) is 73.8 cm³/mol. The van der Waals surface area contributed by atoms with Gasteiger partial charge >= 0.3 is 0 Å². The van der Waals surface area contributed by atoms with Gasteiger partial charge in [0.25, 0.3) is 0 Å². The Hall–Kier alpha value is -1.85. The predicted octanol–water partition coefficient (Wildman–Crippen LogP) is -0.0980. The first-order valence-electron chi connectivity index (χ1n) is 6.94. The molecule has 2 aliphatic heterocycles. The fraction of sp³-hybridized carbons (Fsp3) is 0.643. The lowest BCUT2D eigenvalue weighted by molar-refractivity contribution is -0.151. The summed E-state index contributed by atoms with van der Waals surface area (Å²) in [6, 6.07) is 0. The fourth-order valence-corrected chi connectivity index (χ4v) is 3.11. The summed E-state index contributed by atoms with van der Waals surface area (Å²) in [5, 5.41) is 2.53. The Kier molecular flexibility index (Phi) is 4.11. The molecule has 0 unspecified atom stereocenters. The number of hydrogen-bond donors (Lipinski definition) is 1. The second kappa shape index (κ2) is 5.64. The lowest BCUT2D eigenvalue weighted by Crippen LogP contribution is -2.58. The molecule has 20 heavy (non-hydrogen) atoms. The summed E-state index contributed by atoms with van der Waals surface area (Å²) < 4.78 is 0. The van der Waals surface area contributed by atoms with Gasteiger partial charge in [-0.3, -0.25) is 14.4 Å². The SMILES string of the molecule is CNC(=O)CN1CC=CC[C@]2(CCCN2C(C)=O)C1=O. The van der Waals surface area contributed by atoms with Crippen LogP contribution in [0, 0.1) is 0 Å².